The van der Waals surface area contributed by atoms with Crippen molar-refractivity contribution in [2.24, 2.45) is 0 Å². The van der Waals surface area contributed by atoms with Gasteiger partial charge in [0.05, 0.1) is 5.69 Å². The second kappa shape index (κ2) is 6.39. The van der Waals surface area contributed by atoms with Crippen LogP contribution in [-0.4, -0.2) is 32.0 Å². The Kier molecular flexibility index (Phi) is 4.31. The van der Waals surface area contributed by atoms with E-state index in [1.54, 1.807) is 0 Å². The summed E-state index contributed by atoms with van der Waals surface area (Å²) < 4.78 is 27.7. The zero-order valence-corrected chi connectivity index (χ0v) is 12.5. The number of hydrogen-bond donors (Lipinski definition) is 1. The van der Waals surface area contributed by atoms with Crippen molar-refractivity contribution in [1.82, 2.24) is 24.9 Å². The van der Waals surface area contributed by atoms with E-state index >= 15 is 0 Å². The van der Waals surface area contributed by atoms with E-state index in [0.717, 1.165) is 24.8 Å². The Morgan fingerprint density at radius 2 is 2.22 bits per heavy atom. The largest absolute Gasteiger partial charge is 0.356 e. The van der Waals surface area contributed by atoms with Crippen LogP contribution in [0.25, 0.3) is 5.78 Å². The molecular formula is C15H17F2N5O. The number of hydrogen-bond acceptors (Lipinski definition) is 4. The molecule has 1 saturated carbocycles. The van der Waals surface area contributed by atoms with Gasteiger partial charge >= 0.3 is 0 Å². The third-order valence-electron chi connectivity index (χ3n) is 4.29. The average molecular weight is 321 g/mol. The van der Waals surface area contributed by atoms with Crippen LogP contribution < -0.4 is 5.32 Å². The molecular weight excluding hydrogens is 304 g/mol. The summed E-state index contributed by atoms with van der Waals surface area (Å²) >= 11 is 0. The van der Waals surface area contributed by atoms with Crippen LogP contribution in [0, 0.1) is 0 Å². The summed E-state index contributed by atoms with van der Waals surface area (Å²) in [6.45, 7) is 4.11. The number of fused-ring (bicyclic) bond motifs is 1. The molecule has 0 radical (unpaired) electrons. The normalized spacial score (nSPS) is 22.3. The molecule has 1 aliphatic rings. The molecule has 1 unspecified atom stereocenters. The maximum Gasteiger partial charge on any atom is 0.280 e. The monoisotopic (exact) mass is 321 g/mol. The molecule has 122 valence electrons. The fourth-order valence-electron chi connectivity index (χ4n) is 3.08. The quantitative estimate of drug-likeness (QED) is 0.533. The summed E-state index contributed by atoms with van der Waals surface area (Å²) in [6.07, 6.45) is 2.30. The number of halogens is 2. The number of alkyl halides is 2. The Hall–Kier alpha value is -2.38. The Bertz CT molecular complexity index is 730. The summed E-state index contributed by atoms with van der Waals surface area (Å²) in [7, 11) is 0. The topological polar surface area (TPSA) is 72.2 Å². The highest BCUT2D eigenvalue weighted by atomic mass is 19.3. The molecule has 0 saturated heterocycles. The van der Waals surface area contributed by atoms with Crippen molar-refractivity contribution in [1.29, 1.82) is 0 Å². The van der Waals surface area contributed by atoms with E-state index in [9.17, 15) is 13.6 Å². The molecule has 2 aromatic heterocycles. The van der Waals surface area contributed by atoms with Gasteiger partial charge in [0, 0.05) is 12.0 Å². The van der Waals surface area contributed by atoms with Gasteiger partial charge in [0.1, 0.15) is 12.0 Å². The van der Waals surface area contributed by atoms with Crippen molar-refractivity contribution >= 4 is 12.2 Å². The number of rotatable bonds is 4. The molecule has 2 heterocycles. The molecule has 1 N–H and O–H groups in total. The van der Waals surface area contributed by atoms with Crippen molar-refractivity contribution in [2.45, 2.75) is 44.1 Å². The van der Waals surface area contributed by atoms with Crippen molar-refractivity contribution in [3.63, 3.8) is 0 Å². The molecule has 1 aliphatic carbocycles. The number of amides is 1. The number of carbonyl (C=O) groups excluding carboxylic acids is 1. The third kappa shape index (κ3) is 3.06. The van der Waals surface area contributed by atoms with Crippen LogP contribution in [0.4, 0.5) is 8.78 Å². The van der Waals surface area contributed by atoms with Crippen LogP contribution >= 0.6 is 0 Å². The van der Waals surface area contributed by atoms with Gasteiger partial charge in [-0.15, -0.1) is 0 Å². The minimum absolute atomic E-state index is 0.0805. The number of nitrogens with one attached hydrogen (secondary N) is 1. The first-order valence-corrected chi connectivity index (χ1v) is 7.46. The highest BCUT2D eigenvalue weighted by Crippen LogP contribution is 2.36. The molecule has 8 heteroatoms. The van der Waals surface area contributed by atoms with Gasteiger partial charge in [-0.25, -0.2) is 18.3 Å². The summed E-state index contributed by atoms with van der Waals surface area (Å²) in [5.41, 5.74) is 1.27. The Balaban J connectivity index is 1.99. The highest BCUT2D eigenvalue weighted by molar-refractivity contribution is 5.46. The Morgan fingerprint density at radius 1 is 1.39 bits per heavy atom. The third-order valence-corrected chi connectivity index (χ3v) is 4.29. The second-order valence-electron chi connectivity index (χ2n) is 5.69. The molecule has 2 aromatic rings. The Morgan fingerprint density at radius 3 is 2.96 bits per heavy atom. The van der Waals surface area contributed by atoms with Crippen molar-refractivity contribution in [2.75, 3.05) is 0 Å². The zero-order chi connectivity index (χ0) is 16.4. The lowest BCUT2D eigenvalue weighted by Crippen LogP contribution is -2.26. The van der Waals surface area contributed by atoms with Crippen molar-refractivity contribution < 1.29 is 13.6 Å². The smallest absolute Gasteiger partial charge is 0.280 e. The lowest BCUT2D eigenvalue weighted by atomic mass is 9.91. The van der Waals surface area contributed by atoms with E-state index in [4.69, 9.17) is 0 Å². The molecule has 0 aliphatic heterocycles. The van der Waals surface area contributed by atoms with E-state index < -0.39 is 6.43 Å². The first-order valence-electron chi connectivity index (χ1n) is 7.46. The summed E-state index contributed by atoms with van der Waals surface area (Å²) in [6, 6.07) is 1.47. The fourth-order valence-corrected chi connectivity index (χ4v) is 3.08. The van der Waals surface area contributed by atoms with Gasteiger partial charge in [-0.2, -0.15) is 10.1 Å². The standard InChI is InChI=1S/C15H17F2N5O/c1-9-2-3-10(19-8-23)4-5-11(9)13-6-12(14(16)17)21-15-18-7-20-22(13)15/h6-8,10-11,14H,1-5H2,(H,19,23)/t10-,11?/m0/s1. The highest BCUT2D eigenvalue weighted by Gasteiger charge is 2.26. The van der Waals surface area contributed by atoms with Crippen molar-refractivity contribution in [3.8, 4) is 0 Å². The summed E-state index contributed by atoms with van der Waals surface area (Å²) in [4.78, 5) is 18.4. The number of carbonyl (C=O) groups is 1. The van der Waals surface area contributed by atoms with E-state index in [0.29, 0.717) is 18.5 Å². The molecule has 1 fully saturated rings. The zero-order valence-electron chi connectivity index (χ0n) is 12.5. The van der Waals surface area contributed by atoms with E-state index in [1.165, 1.54) is 16.9 Å². The summed E-state index contributed by atoms with van der Waals surface area (Å²) in [5, 5.41) is 6.89. The molecule has 2 atom stereocenters. The van der Waals surface area contributed by atoms with Crippen LogP contribution in [0.15, 0.2) is 24.5 Å². The molecule has 0 aromatic carbocycles. The van der Waals surface area contributed by atoms with Gasteiger partial charge in [-0.3, -0.25) is 4.79 Å². The first-order chi connectivity index (χ1) is 11.1. The predicted octanol–water partition coefficient (Wildman–Crippen LogP) is 2.39. The van der Waals surface area contributed by atoms with Crippen LogP contribution in [0.2, 0.25) is 0 Å². The molecule has 23 heavy (non-hydrogen) atoms. The number of aromatic nitrogens is 4. The molecule has 0 spiro atoms. The van der Waals surface area contributed by atoms with Gasteiger partial charge in [0.15, 0.2) is 0 Å². The van der Waals surface area contributed by atoms with E-state index in [2.05, 4.69) is 27.0 Å². The Labute approximate surface area is 131 Å². The molecule has 1 amide bonds. The van der Waals surface area contributed by atoms with Gasteiger partial charge in [0.25, 0.3) is 12.2 Å². The minimum atomic E-state index is -2.67. The van der Waals surface area contributed by atoms with E-state index in [-0.39, 0.29) is 23.4 Å². The van der Waals surface area contributed by atoms with Crippen LogP contribution in [0.5, 0.6) is 0 Å². The van der Waals surface area contributed by atoms with Gasteiger partial charge in [0.2, 0.25) is 6.41 Å². The van der Waals surface area contributed by atoms with Gasteiger partial charge in [-0.1, -0.05) is 12.2 Å². The van der Waals surface area contributed by atoms with E-state index in [1.807, 2.05) is 0 Å². The minimum Gasteiger partial charge on any atom is -0.356 e. The lowest BCUT2D eigenvalue weighted by Gasteiger charge is -2.18. The summed E-state index contributed by atoms with van der Waals surface area (Å²) in [5.74, 6) is 0.0514. The maximum absolute atomic E-state index is 13.1. The number of allylic oxidation sites excluding steroid dienone is 1. The van der Waals surface area contributed by atoms with Crippen LogP contribution in [0.1, 0.15) is 49.4 Å². The SMILES string of the molecule is C=C1CC[C@H](NC=O)CCC1c1cc(C(F)F)nc2ncnn12. The molecule has 0 bridgehead atoms. The van der Waals surface area contributed by atoms with Crippen molar-refractivity contribution in [3.05, 3.63) is 35.9 Å². The molecule has 3 rings (SSSR count). The predicted molar refractivity (Wildman–Crippen MR) is 79.1 cm³/mol. The second-order valence-corrected chi connectivity index (χ2v) is 5.69. The fraction of sp³-hybridized carbons (Fsp3) is 0.467. The van der Waals surface area contributed by atoms with Crippen LogP contribution in [-0.2, 0) is 4.79 Å². The molecule has 6 nitrogen and oxygen atoms in total. The number of nitrogens with zero attached hydrogens (tertiary/aromatic N) is 4. The van der Waals surface area contributed by atoms with Gasteiger partial charge in [-0.05, 0) is 31.7 Å². The van der Waals surface area contributed by atoms with Gasteiger partial charge < -0.3 is 5.32 Å². The average Bonchev–Trinajstić information content (AvgIpc) is 2.93. The van der Waals surface area contributed by atoms with Crippen LogP contribution in [0.3, 0.4) is 0 Å². The first kappa shape index (κ1) is 15.5. The maximum atomic E-state index is 13.1. The lowest BCUT2D eigenvalue weighted by molar-refractivity contribution is -0.110.